The number of rotatable bonds is 0. The molecule has 5 rings (SSSR count). The number of benzene rings is 2. The number of hydrogen-bond donors (Lipinski definition) is 1. The highest BCUT2D eigenvalue weighted by Gasteiger charge is 2.64. The van der Waals surface area contributed by atoms with Gasteiger partial charge < -0.3 is 10.2 Å². The van der Waals surface area contributed by atoms with Gasteiger partial charge in [0.25, 0.3) is 0 Å². The van der Waals surface area contributed by atoms with Gasteiger partial charge in [0.05, 0.1) is 0 Å². The summed E-state index contributed by atoms with van der Waals surface area (Å²) in [5.41, 5.74) is 6.08. The molecule has 3 aliphatic rings. The topological polar surface area (TPSA) is 15.3 Å². The highest BCUT2D eigenvalue weighted by atomic mass is 15.4. The maximum absolute atomic E-state index is 3.95. The Morgan fingerprint density at radius 2 is 1.81 bits per heavy atom. The predicted octanol–water partition coefficient (Wildman–Crippen LogP) is 3.92. The van der Waals surface area contributed by atoms with E-state index in [1.54, 1.807) is 5.56 Å². The van der Waals surface area contributed by atoms with Crippen LogP contribution in [0.1, 0.15) is 30.4 Å². The maximum atomic E-state index is 3.95. The lowest BCUT2D eigenvalue weighted by molar-refractivity contribution is 0.292. The van der Waals surface area contributed by atoms with E-state index in [2.05, 4.69) is 65.8 Å². The zero-order valence-electron chi connectivity index (χ0n) is 12.4. The predicted molar refractivity (Wildman–Crippen MR) is 86.9 cm³/mol. The van der Waals surface area contributed by atoms with Gasteiger partial charge in [-0.3, -0.25) is 0 Å². The fourth-order valence-corrected chi connectivity index (χ4v) is 5.25. The van der Waals surface area contributed by atoms with Gasteiger partial charge in [-0.25, -0.2) is 0 Å². The van der Waals surface area contributed by atoms with Crippen molar-refractivity contribution < 1.29 is 0 Å². The molecule has 2 aliphatic heterocycles. The molecule has 1 fully saturated rings. The fourth-order valence-electron chi connectivity index (χ4n) is 5.25. The summed E-state index contributed by atoms with van der Waals surface area (Å²) in [5, 5.41) is 3.95. The van der Waals surface area contributed by atoms with Crippen molar-refractivity contribution >= 4 is 11.4 Å². The minimum atomic E-state index is 0.0744. The molecule has 2 aromatic rings. The van der Waals surface area contributed by atoms with E-state index in [4.69, 9.17) is 0 Å². The molecule has 0 radical (unpaired) electrons. The van der Waals surface area contributed by atoms with Crippen molar-refractivity contribution in [2.75, 3.05) is 17.3 Å². The first kappa shape index (κ1) is 11.7. The third-order valence-electron chi connectivity index (χ3n) is 6.14. The van der Waals surface area contributed by atoms with Gasteiger partial charge in [0.2, 0.25) is 0 Å². The Bertz CT molecular complexity index is 738. The van der Waals surface area contributed by atoms with Crippen LogP contribution in [0.3, 0.4) is 0 Å². The Morgan fingerprint density at radius 1 is 1.00 bits per heavy atom. The van der Waals surface area contributed by atoms with Crippen LogP contribution < -0.4 is 10.2 Å². The third-order valence-corrected chi connectivity index (χ3v) is 6.14. The molecule has 0 amide bonds. The average molecular weight is 276 g/mol. The minimum absolute atomic E-state index is 0.0744. The van der Waals surface area contributed by atoms with Crippen LogP contribution >= 0.6 is 0 Å². The summed E-state index contributed by atoms with van der Waals surface area (Å²) in [4.78, 5) is 2.52. The van der Waals surface area contributed by atoms with Crippen LogP contribution in [0, 0.1) is 0 Å². The van der Waals surface area contributed by atoms with Crippen molar-refractivity contribution in [3.63, 3.8) is 0 Å². The van der Waals surface area contributed by atoms with Crippen LogP contribution in [0.5, 0.6) is 0 Å². The zero-order valence-corrected chi connectivity index (χ0v) is 12.4. The van der Waals surface area contributed by atoms with E-state index in [1.165, 1.54) is 36.2 Å². The summed E-state index contributed by atoms with van der Waals surface area (Å²) in [6, 6.07) is 17.9. The number of hydrogen-bond acceptors (Lipinski definition) is 2. The zero-order chi connectivity index (χ0) is 14.1. The van der Waals surface area contributed by atoms with Crippen molar-refractivity contribution in [1.29, 1.82) is 0 Å². The fraction of sp³-hybridized carbons (Fsp3) is 0.368. The van der Waals surface area contributed by atoms with Gasteiger partial charge in [0, 0.05) is 23.8 Å². The second kappa shape index (κ2) is 3.62. The van der Waals surface area contributed by atoms with Gasteiger partial charge in [-0.1, -0.05) is 36.4 Å². The largest absolute Gasteiger partial charge is 0.362 e. The van der Waals surface area contributed by atoms with E-state index in [0.717, 1.165) is 6.42 Å². The molecule has 2 heteroatoms. The number of anilines is 2. The minimum Gasteiger partial charge on any atom is -0.362 e. The SMILES string of the molecule is CN1c2ccccc2[C@@]23CCC[C@@]12Nc1ccccc1C3. The molecule has 0 bridgehead atoms. The Labute approximate surface area is 125 Å². The first-order chi connectivity index (χ1) is 10.3. The van der Waals surface area contributed by atoms with Crippen LogP contribution in [0.15, 0.2) is 48.5 Å². The number of nitrogens with zero attached hydrogens (tertiary/aromatic N) is 1. The van der Waals surface area contributed by atoms with Crippen LogP contribution in [0.25, 0.3) is 0 Å². The second-order valence-corrected chi connectivity index (χ2v) is 6.83. The first-order valence-corrected chi connectivity index (χ1v) is 7.96. The molecule has 0 unspecified atom stereocenters. The Morgan fingerprint density at radius 3 is 2.76 bits per heavy atom. The lowest BCUT2D eigenvalue weighted by Gasteiger charge is -2.50. The van der Waals surface area contributed by atoms with Crippen molar-refractivity contribution in [3.05, 3.63) is 59.7 Å². The van der Waals surface area contributed by atoms with Crippen molar-refractivity contribution in [1.82, 2.24) is 0 Å². The Hall–Kier alpha value is -1.96. The normalized spacial score (nSPS) is 32.0. The first-order valence-electron chi connectivity index (χ1n) is 7.96. The Balaban J connectivity index is 1.81. The molecule has 106 valence electrons. The number of para-hydroxylation sites is 2. The van der Waals surface area contributed by atoms with Crippen LogP contribution in [0.2, 0.25) is 0 Å². The summed E-state index contributed by atoms with van der Waals surface area (Å²) in [7, 11) is 2.27. The molecule has 2 aromatic carbocycles. The van der Waals surface area contributed by atoms with Crippen LogP contribution in [-0.2, 0) is 11.8 Å². The molecule has 1 N–H and O–H groups in total. The standard InChI is InChI=1S/C19H20N2/c1-21-17-10-5-3-8-15(17)18-11-6-12-19(18,21)20-16-9-4-2-7-14(16)13-18/h2-5,7-10,20H,6,11-13H2,1H3/t18-,19+/m0/s1. The lowest BCUT2D eigenvalue weighted by Crippen LogP contribution is -2.62. The molecule has 2 nitrogen and oxygen atoms in total. The number of likely N-dealkylation sites (N-methyl/N-ethyl adjacent to an activating group) is 1. The van der Waals surface area contributed by atoms with E-state index < -0.39 is 0 Å². The van der Waals surface area contributed by atoms with Gasteiger partial charge in [0.15, 0.2) is 0 Å². The molecule has 2 heterocycles. The molecule has 1 aliphatic carbocycles. The summed E-state index contributed by atoms with van der Waals surface area (Å²) in [5.74, 6) is 0. The lowest BCUT2D eigenvalue weighted by atomic mass is 9.67. The summed E-state index contributed by atoms with van der Waals surface area (Å²) in [6.45, 7) is 0. The second-order valence-electron chi connectivity index (χ2n) is 6.83. The highest BCUT2D eigenvalue weighted by Crippen LogP contribution is 2.63. The molecule has 1 saturated carbocycles. The quantitative estimate of drug-likeness (QED) is 0.784. The van der Waals surface area contributed by atoms with Crippen LogP contribution in [0.4, 0.5) is 11.4 Å². The molecule has 0 saturated heterocycles. The number of fused-ring (bicyclic) bond motifs is 2. The van der Waals surface area contributed by atoms with Crippen molar-refractivity contribution in [2.45, 2.75) is 36.8 Å². The van der Waals surface area contributed by atoms with E-state index in [0.29, 0.717) is 0 Å². The monoisotopic (exact) mass is 276 g/mol. The molecule has 0 spiro atoms. The van der Waals surface area contributed by atoms with Gasteiger partial charge >= 0.3 is 0 Å². The summed E-state index contributed by atoms with van der Waals surface area (Å²) in [6.07, 6.45) is 4.99. The van der Waals surface area contributed by atoms with E-state index in [1.807, 2.05) is 0 Å². The molecule has 0 aromatic heterocycles. The maximum Gasteiger partial charge on any atom is 0.120 e. The van der Waals surface area contributed by atoms with Gasteiger partial charge in [-0.2, -0.15) is 0 Å². The summed E-state index contributed by atoms with van der Waals surface area (Å²) < 4.78 is 0. The highest BCUT2D eigenvalue weighted by molar-refractivity contribution is 5.74. The van der Waals surface area contributed by atoms with Crippen molar-refractivity contribution in [2.24, 2.45) is 0 Å². The van der Waals surface area contributed by atoms with Gasteiger partial charge in [-0.15, -0.1) is 0 Å². The third kappa shape index (κ3) is 1.17. The van der Waals surface area contributed by atoms with Gasteiger partial charge in [-0.05, 0) is 48.9 Å². The summed E-state index contributed by atoms with van der Waals surface area (Å²) >= 11 is 0. The Kier molecular flexibility index (Phi) is 2.01. The van der Waals surface area contributed by atoms with Crippen LogP contribution in [-0.4, -0.2) is 12.7 Å². The van der Waals surface area contributed by atoms with E-state index >= 15 is 0 Å². The molecule has 2 atom stereocenters. The molecule has 21 heavy (non-hydrogen) atoms. The number of nitrogens with one attached hydrogen (secondary N) is 1. The van der Waals surface area contributed by atoms with Crippen molar-refractivity contribution in [3.8, 4) is 0 Å². The molecular weight excluding hydrogens is 256 g/mol. The molecular formula is C19H20N2. The van der Waals surface area contributed by atoms with E-state index in [9.17, 15) is 0 Å². The van der Waals surface area contributed by atoms with Gasteiger partial charge in [0.1, 0.15) is 5.66 Å². The van der Waals surface area contributed by atoms with E-state index in [-0.39, 0.29) is 11.1 Å². The smallest absolute Gasteiger partial charge is 0.120 e. The average Bonchev–Trinajstić information content (AvgIpc) is 2.99.